The number of nitrogens with zero attached hydrogens (tertiary/aromatic N) is 3. The number of pyridine rings is 1. The topological polar surface area (TPSA) is 50.9 Å². The lowest BCUT2D eigenvalue weighted by Crippen LogP contribution is -2.10. The standard InChI is InChI=1S/C11H11ClF3N3O.C2H6/c12-8-3-2-7-10(16-8)17-9(6-19)18(7)5-1-4-11(13,14)15;1-2/h2-3,19H,1,4-6H2;1-2H3. The smallest absolute Gasteiger partial charge is 0.388 e. The Labute approximate surface area is 125 Å². The molecule has 2 aromatic heterocycles. The summed E-state index contributed by atoms with van der Waals surface area (Å²) in [6, 6.07) is 3.16. The first-order valence-corrected chi connectivity index (χ1v) is 6.98. The van der Waals surface area contributed by atoms with Gasteiger partial charge in [-0.2, -0.15) is 13.2 Å². The van der Waals surface area contributed by atoms with E-state index in [2.05, 4.69) is 9.97 Å². The molecule has 0 aliphatic carbocycles. The normalized spacial score (nSPS) is 11.4. The predicted molar refractivity (Wildman–Crippen MR) is 75.1 cm³/mol. The third-order valence-corrected chi connectivity index (χ3v) is 2.85. The summed E-state index contributed by atoms with van der Waals surface area (Å²) >= 11 is 5.72. The minimum Gasteiger partial charge on any atom is -0.388 e. The number of halogens is 4. The minimum atomic E-state index is -4.18. The quantitative estimate of drug-likeness (QED) is 0.867. The summed E-state index contributed by atoms with van der Waals surface area (Å²) in [6.45, 7) is 3.76. The molecule has 21 heavy (non-hydrogen) atoms. The van der Waals surface area contributed by atoms with Gasteiger partial charge in [-0.25, -0.2) is 9.97 Å². The van der Waals surface area contributed by atoms with Gasteiger partial charge in [-0.3, -0.25) is 0 Å². The zero-order valence-electron chi connectivity index (χ0n) is 11.8. The molecule has 2 aromatic rings. The molecule has 2 heterocycles. The maximum atomic E-state index is 12.1. The third-order valence-electron chi connectivity index (χ3n) is 2.64. The Morgan fingerprint density at radius 3 is 2.48 bits per heavy atom. The molecule has 0 aliphatic heterocycles. The molecule has 4 nitrogen and oxygen atoms in total. The van der Waals surface area contributed by atoms with Gasteiger partial charge in [-0.15, -0.1) is 0 Å². The number of aliphatic hydroxyl groups is 1. The van der Waals surface area contributed by atoms with Crippen LogP contribution in [0.5, 0.6) is 0 Å². The van der Waals surface area contributed by atoms with Gasteiger partial charge in [0.25, 0.3) is 0 Å². The zero-order chi connectivity index (χ0) is 16.0. The highest BCUT2D eigenvalue weighted by molar-refractivity contribution is 6.29. The van der Waals surface area contributed by atoms with Crippen LogP contribution in [0.15, 0.2) is 12.1 Å². The fraction of sp³-hybridized carbons (Fsp3) is 0.538. The van der Waals surface area contributed by atoms with E-state index in [1.807, 2.05) is 13.8 Å². The van der Waals surface area contributed by atoms with Crippen LogP contribution in [0.2, 0.25) is 5.15 Å². The van der Waals surface area contributed by atoms with E-state index in [9.17, 15) is 18.3 Å². The number of hydrogen-bond donors (Lipinski definition) is 1. The van der Waals surface area contributed by atoms with Crippen molar-refractivity contribution in [2.45, 2.75) is 46.0 Å². The molecule has 0 bridgehead atoms. The number of aliphatic hydroxyl groups excluding tert-OH is 1. The first kappa shape index (κ1) is 17.7. The molecule has 0 saturated carbocycles. The van der Waals surface area contributed by atoms with Crippen molar-refractivity contribution in [3.63, 3.8) is 0 Å². The molecule has 0 amide bonds. The van der Waals surface area contributed by atoms with Crippen LogP contribution in [-0.2, 0) is 13.2 Å². The van der Waals surface area contributed by atoms with Crippen LogP contribution in [0.3, 0.4) is 0 Å². The van der Waals surface area contributed by atoms with Gasteiger partial charge in [0.05, 0.1) is 5.52 Å². The van der Waals surface area contributed by atoms with Crippen LogP contribution in [0, 0.1) is 0 Å². The van der Waals surface area contributed by atoms with E-state index >= 15 is 0 Å². The highest BCUT2D eigenvalue weighted by Crippen LogP contribution is 2.23. The van der Waals surface area contributed by atoms with E-state index in [1.165, 1.54) is 10.6 Å². The van der Waals surface area contributed by atoms with Crippen LogP contribution in [0.4, 0.5) is 13.2 Å². The maximum absolute atomic E-state index is 12.1. The van der Waals surface area contributed by atoms with E-state index in [-0.39, 0.29) is 30.5 Å². The first-order chi connectivity index (χ1) is 9.90. The molecule has 0 saturated heterocycles. The second-order valence-electron chi connectivity index (χ2n) is 4.03. The lowest BCUT2D eigenvalue weighted by molar-refractivity contribution is -0.135. The van der Waals surface area contributed by atoms with E-state index in [1.54, 1.807) is 6.07 Å². The Morgan fingerprint density at radius 1 is 1.24 bits per heavy atom. The molecule has 0 atom stereocenters. The Kier molecular flexibility index (Phi) is 6.42. The molecule has 8 heteroatoms. The monoisotopic (exact) mass is 323 g/mol. The van der Waals surface area contributed by atoms with Crippen LogP contribution in [-0.4, -0.2) is 25.8 Å². The van der Waals surface area contributed by atoms with Gasteiger partial charge < -0.3 is 9.67 Å². The lowest BCUT2D eigenvalue weighted by Gasteiger charge is -2.09. The number of rotatable bonds is 4. The first-order valence-electron chi connectivity index (χ1n) is 6.60. The maximum Gasteiger partial charge on any atom is 0.389 e. The van der Waals surface area contributed by atoms with Crippen molar-refractivity contribution < 1.29 is 18.3 Å². The summed E-state index contributed by atoms with van der Waals surface area (Å²) in [7, 11) is 0. The minimum absolute atomic E-state index is 0.0788. The molecule has 118 valence electrons. The van der Waals surface area contributed by atoms with Crippen molar-refractivity contribution in [1.29, 1.82) is 0 Å². The van der Waals surface area contributed by atoms with Crippen molar-refractivity contribution in [3.8, 4) is 0 Å². The molecular formula is C13H17ClF3N3O. The predicted octanol–water partition coefficient (Wildman–Crippen LogP) is 3.95. The fourth-order valence-electron chi connectivity index (χ4n) is 1.84. The van der Waals surface area contributed by atoms with Crippen molar-refractivity contribution >= 4 is 22.8 Å². The second-order valence-corrected chi connectivity index (χ2v) is 4.42. The number of fused-ring (bicyclic) bond motifs is 1. The van der Waals surface area contributed by atoms with Crippen LogP contribution in [0.1, 0.15) is 32.5 Å². The number of hydrogen-bond acceptors (Lipinski definition) is 3. The molecule has 0 unspecified atom stereocenters. The second kappa shape index (κ2) is 7.61. The van der Waals surface area contributed by atoms with Gasteiger partial charge >= 0.3 is 6.18 Å². The molecule has 0 aromatic carbocycles. The Morgan fingerprint density at radius 2 is 1.90 bits per heavy atom. The fourth-order valence-corrected chi connectivity index (χ4v) is 1.98. The average Bonchev–Trinajstić information content (AvgIpc) is 2.77. The lowest BCUT2D eigenvalue weighted by atomic mass is 10.3. The van der Waals surface area contributed by atoms with Gasteiger partial charge in [-0.05, 0) is 18.6 Å². The number of imidazole rings is 1. The third kappa shape index (κ3) is 4.86. The average molecular weight is 324 g/mol. The van der Waals surface area contributed by atoms with E-state index < -0.39 is 12.6 Å². The summed E-state index contributed by atoms with van der Waals surface area (Å²) in [4.78, 5) is 8.01. The Balaban J connectivity index is 0.00000106. The number of aryl methyl sites for hydroxylation is 1. The van der Waals surface area contributed by atoms with Crippen molar-refractivity contribution in [1.82, 2.24) is 14.5 Å². The summed E-state index contributed by atoms with van der Waals surface area (Å²) in [5.41, 5.74) is 0.888. The van der Waals surface area contributed by atoms with E-state index in [0.717, 1.165) is 0 Å². The SMILES string of the molecule is CC.OCc1nc2nc(Cl)ccc2n1CCCC(F)(F)F. The van der Waals surface area contributed by atoms with Gasteiger partial charge in [0, 0.05) is 13.0 Å². The van der Waals surface area contributed by atoms with Gasteiger partial charge in [0.2, 0.25) is 0 Å². The van der Waals surface area contributed by atoms with E-state index in [0.29, 0.717) is 11.2 Å². The van der Waals surface area contributed by atoms with Crippen molar-refractivity contribution in [2.75, 3.05) is 0 Å². The Hall–Kier alpha value is -1.34. The van der Waals surface area contributed by atoms with Crippen LogP contribution < -0.4 is 0 Å². The summed E-state index contributed by atoms with van der Waals surface area (Å²) in [5.74, 6) is 0.284. The van der Waals surface area contributed by atoms with Crippen LogP contribution in [0.25, 0.3) is 11.2 Å². The molecule has 0 fully saturated rings. The molecule has 0 radical (unpaired) electrons. The molecule has 0 aliphatic rings. The number of aromatic nitrogens is 3. The molecule has 1 N–H and O–H groups in total. The van der Waals surface area contributed by atoms with E-state index in [4.69, 9.17) is 11.6 Å². The summed E-state index contributed by atoms with van der Waals surface area (Å²) < 4.78 is 37.9. The molecule has 2 rings (SSSR count). The Bertz CT molecular complexity index is 584. The van der Waals surface area contributed by atoms with Crippen molar-refractivity contribution in [2.24, 2.45) is 0 Å². The highest BCUT2D eigenvalue weighted by Gasteiger charge is 2.26. The number of alkyl halides is 3. The highest BCUT2D eigenvalue weighted by atomic mass is 35.5. The molecular weight excluding hydrogens is 307 g/mol. The van der Waals surface area contributed by atoms with Gasteiger partial charge in [-0.1, -0.05) is 25.4 Å². The molecule has 0 spiro atoms. The van der Waals surface area contributed by atoms with Crippen LogP contribution >= 0.6 is 11.6 Å². The summed E-state index contributed by atoms with van der Waals surface area (Å²) in [5, 5.41) is 9.43. The largest absolute Gasteiger partial charge is 0.389 e. The summed E-state index contributed by atoms with van der Waals surface area (Å²) in [6.07, 6.45) is -5.14. The van der Waals surface area contributed by atoms with Crippen molar-refractivity contribution in [3.05, 3.63) is 23.1 Å². The zero-order valence-corrected chi connectivity index (χ0v) is 12.5. The van der Waals surface area contributed by atoms with Gasteiger partial charge in [0.15, 0.2) is 5.65 Å². The van der Waals surface area contributed by atoms with Gasteiger partial charge in [0.1, 0.15) is 17.6 Å².